The lowest BCUT2D eigenvalue weighted by molar-refractivity contribution is -0.133. The SMILES string of the molecule is N#Cc1cccc(NC(=O)CSCC(=O)O)c1. The molecule has 1 aromatic rings. The standard InChI is InChI=1S/C11H10N2O3S/c12-5-8-2-1-3-9(4-8)13-10(14)6-17-7-11(15)16/h1-4H,6-7H2,(H,13,14)(H,15,16). The molecule has 0 heterocycles. The van der Waals surface area contributed by atoms with Gasteiger partial charge in [-0.1, -0.05) is 6.07 Å². The maximum Gasteiger partial charge on any atom is 0.313 e. The Hall–Kier alpha value is -2.00. The molecule has 0 fully saturated rings. The highest BCUT2D eigenvalue weighted by atomic mass is 32.2. The van der Waals surface area contributed by atoms with Crippen molar-refractivity contribution < 1.29 is 14.7 Å². The van der Waals surface area contributed by atoms with Crippen LogP contribution in [0.2, 0.25) is 0 Å². The van der Waals surface area contributed by atoms with Crippen LogP contribution in [0.3, 0.4) is 0 Å². The number of carboxylic acids is 1. The van der Waals surface area contributed by atoms with Gasteiger partial charge in [0.25, 0.3) is 0 Å². The average molecular weight is 250 g/mol. The molecule has 5 nitrogen and oxygen atoms in total. The van der Waals surface area contributed by atoms with Gasteiger partial charge in [0, 0.05) is 5.69 Å². The Labute approximate surface area is 102 Å². The molecular weight excluding hydrogens is 240 g/mol. The van der Waals surface area contributed by atoms with E-state index in [0.29, 0.717) is 11.3 Å². The first-order valence-corrected chi connectivity index (χ1v) is 5.87. The normalized spacial score (nSPS) is 9.35. The summed E-state index contributed by atoms with van der Waals surface area (Å²) < 4.78 is 0. The number of thioether (sulfide) groups is 1. The zero-order valence-electron chi connectivity index (χ0n) is 8.84. The monoisotopic (exact) mass is 250 g/mol. The van der Waals surface area contributed by atoms with E-state index in [-0.39, 0.29) is 17.4 Å². The molecule has 0 spiro atoms. The van der Waals surface area contributed by atoms with Crippen molar-refractivity contribution in [3.63, 3.8) is 0 Å². The molecular formula is C11H10N2O3S. The number of rotatable bonds is 5. The highest BCUT2D eigenvalue weighted by Gasteiger charge is 2.05. The van der Waals surface area contributed by atoms with Crippen LogP contribution in [0.25, 0.3) is 0 Å². The number of hydrogen-bond acceptors (Lipinski definition) is 4. The second kappa shape index (κ2) is 6.55. The van der Waals surface area contributed by atoms with Gasteiger partial charge in [-0.05, 0) is 18.2 Å². The number of aliphatic carboxylic acids is 1. The first-order chi connectivity index (χ1) is 8.11. The number of anilines is 1. The first-order valence-electron chi connectivity index (χ1n) is 4.71. The smallest absolute Gasteiger partial charge is 0.313 e. The van der Waals surface area contributed by atoms with Crippen molar-refractivity contribution in [2.24, 2.45) is 0 Å². The lowest BCUT2D eigenvalue weighted by Crippen LogP contribution is -2.15. The fraction of sp³-hybridized carbons (Fsp3) is 0.182. The van der Waals surface area contributed by atoms with Gasteiger partial charge < -0.3 is 10.4 Å². The summed E-state index contributed by atoms with van der Waals surface area (Å²) in [4.78, 5) is 21.6. The van der Waals surface area contributed by atoms with Crippen molar-refractivity contribution in [2.75, 3.05) is 16.8 Å². The van der Waals surface area contributed by atoms with E-state index in [4.69, 9.17) is 10.4 Å². The van der Waals surface area contributed by atoms with Crippen LogP contribution in [-0.2, 0) is 9.59 Å². The maximum atomic E-state index is 11.4. The number of nitrogens with zero attached hydrogens (tertiary/aromatic N) is 1. The van der Waals surface area contributed by atoms with Gasteiger partial charge in [0.2, 0.25) is 5.91 Å². The minimum Gasteiger partial charge on any atom is -0.481 e. The molecule has 88 valence electrons. The van der Waals surface area contributed by atoms with Crippen LogP contribution >= 0.6 is 11.8 Å². The van der Waals surface area contributed by atoms with Gasteiger partial charge >= 0.3 is 5.97 Å². The van der Waals surface area contributed by atoms with Crippen molar-refractivity contribution in [3.8, 4) is 6.07 Å². The van der Waals surface area contributed by atoms with E-state index in [1.807, 2.05) is 6.07 Å². The van der Waals surface area contributed by atoms with Gasteiger partial charge in [-0.3, -0.25) is 9.59 Å². The van der Waals surface area contributed by atoms with E-state index in [2.05, 4.69) is 5.32 Å². The van der Waals surface area contributed by atoms with Crippen molar-refractivity contribution in [2.45, 2.75) is 0 Å². The molecule has 0 radical (unpaired) electrons. The van der Waals surface area contributed by atoms with Crippen LogP contribution < -0.4 is 5.32 Å². The molecule has 0 saturated carbocycles. The minimum atomic E-state index is -0.950. The molecule has 2 N–H and O–H groups in total. The number of nitrogens with one attached hydrogen (secondary N) is 1. The number of hydrogen-bond donors (Lipinski definition) is 2. The van der Waals surface area contributed by atoms with E-state index < -0.39 is 5.97 Å². The fourth-order valence-electron chi connectivity index (χ4n) is 1.09. The first kappa shape index (κ1) is 13.1. The summed E-state index contributed by atoms with van der Waals surface area (Å²) in [7, 11) is 0. The Balaban J connectivity index is 2.45. The number of carbonyl (C=O) groups excluding carboxylic acids is 1. The van der Waals surface area contributed by atoms with Crippen LogP contribution in [0, 0.1) is 11.3 Å². The Morgan fingerprint density at radius 3 is 2.82 bits per heavy atom. The number of carboxylic acid groups (broad SMARTS) is 1. The molecule has 1 rings (SSSR count). The largest absolute Gasteiger partial charge is 0.481 e. The number of nitriles is 1. The fourth-order valence-corrected chi connectivity index (χ4v) is 1.63. The molecule has 6 heteroatoms. The highest BCUT2D eigenvalue weighted by molar-refractivity contribution is 8.00. The summed E-state index contributed by atoms with van der Waals surface area (Å²) in [5.74, 6) is -1.27. The van der Waals surface area contributed by atoms with Gasteiger partial charge in [-0.2, -0.15) is 5.26 Å². The molecule has 0 unspecified atom stereocenters. The molecule has 0 saturated heterocycles. The predicted molar refractivity (Wildman–Crippen MR) is 64.7 cm³/mol. The zero-order chi connectivity index (χ0) is 12.7. The quantitative estimate of drug-likeness (QED) is 0.822. The Bertz CT molecular complexity index is 468. The van der Waals surface area contributed by atoms with Crippen LogP contribution in [0.4, 0.5) is 5.69 Å². The topological polar surface area (TPSA) is 90.2 Å². The molecule has 0 aliphatic rings. The number of benzene rings is 1. The Morgan fingerprint density at radius 2 is 2.18 bits per heavy atom. The van der Waals surface area contributed by atoms with Gasteiger partial charge in [0.15, 0.2) is 0 Å². The third-order valence-electron chi connectivity index (χ3n) is 1.73. The third-order valence-corrected chi connectivity index (χ3v) is 2.65. The van der Waals surface area contributed by atoms with Gasteiger partial charge in [-0.25, -0.2) is 0 Å². The lowest BCUT2D eigenvalue weighted by atomic mass is 10.2. The summed E-state index contributed by atoms with van der Waals surface area (Å²) in [6, 6.07) is 8.49. The number of amides is 1. The second-order valence-electron chi connectivity index (χ2n) is 3.13. The third kappa shape index (κ3) is 5.04. The van der Waals surface area contributed by atoms with E-state index in [0.717, 1.165) is 11.8 Å². The summed E-state index contributed by atoms with van der Waals surface area (Å²) in [6.07, 6.45) is 0. The maximum absolute atomic E-state index is 11.4. The predicted octanol–water partition coefficient (Wildman–Crippen LogP) is 1.31. The molecule has 0 bridgehead atoms. The summed E-state index contributed by atoms with van der Waals surface area (Å²) >= 11 is 1.02. The summed E-state index contributed by atoms with van der Waals surface area (Å²) in [5.41, 5.74) is 0.992. The van der Waals surface area contributed by atoms with Crippen molar-refractivity contribution in [1.29, 1.82) is 5.26 Å². The van der Waals surface area contributed by atoms with Crippen LogP contribution in [-0.4, -0.2) is 28.5 Å². The summed E-state index contributed by atoms with van der Waals surface area (Å²) in [5, 5.41) is 19.6. The lowest BCUT2D eigenvalue weighted by Gasteiger charge is -2.04. The van der Waals surface area contributed by atoms with Gasteiger partial charge in [0.1, 0.15) is 0 Å². The molecule has 0 aromatic heterocycles. The minimum absolute atomic E-state index is 0.0725. The van der Waals surface area contributed by atoms with Gasteiger partial charge in [-0.15, -0.1) is 11.8 Å². The highest BCUT2D eigenvalue weighted by Crippen LogP contribution is 2.10. The van der Waals surface area contributed by atoms with Crippen molar-refractivity contribution >= 4 is 29.3 Å². The van der Waals surface area contributed by atoms with E-state index in [1.54, 1.807) is 24.3 Å². The molecule has 0 atom stereocenters. The molecule has 1 amide bonds. The molecule has 0 aliphatic carbocycles. The molecule has 0 aliphatic heterocycles. The zero-order valence-corrected chi connectivity index (χ0v) is 9.66. The van der Waals surface area contributed by atoms with E-state index in [1.165, 1.54) is 0 Å². The Kier molecular flexibility index (Phi) is 5.04. The van der Waals surface area contributed by atoms with Gasteiger partial charge in [0.05, 0.1) is 23.1 Å². The second-order valence-corrected chi connectivity index (χ2v) is 4.11. The molecule has 17 heavy (non-hydrogen) atoms. The van der Waals surface area contributed by atoms with Crippen molar-refractivity contribution in [3.05, 3.63) is 29.8 Å². The Morgan fingerprint density at radius 1 is 1.41 bits per heavy atom. The van der Waals surface area contributed by atoms with Crippen LogP contribution in [0.1, 0.15) is 5.56 Å². The molecule has 1 aromatic carbocycles. The summed E-state index contributed by atoms with van der Waals surface area (Å²) in [6.45, 7) is 0. The van der Waals surface area contributed by atoms with E-state index in [9.17, 15) is 9.59 Å². The average Bonchev–Trinajstić information content (AvgIpc) is 2.28. The van der Waals surface area contributed by atoms with Crippen LogP contribution in [0.5, 0.6) is 0 Å². The van der Waals surface area contributed by atoms with Crippen molar-refractivity contribution in [1.82, 2.24) is 0 Å². The number of carbonyl (C=O) groups is 2. The van der Waals surface area contributed by atoms with E-state index >= 15 is 0 Å². The van der Waals surface area contributed by atoms with Crippen LogP contribution in [0.15, 0.2) is 24.3 Å².